The van der Waals surface area contributed by atoms with E-state index in [1.165, 1.54) is 0 Å². The number of hydrogen-bond acceptors (Lipinski definition) is 4. The van der Waals surface area contributed by atoms with Crippen molar-refractivity contribution < 1.29 is 9.21 Å². The van der Waals surface area contributed by atoms with Crippen LogP contribution in [0.15, 0.2) is 60.6 Å². The number of likely N-dealkylation sites (N-methyl/N-ethyl adjacent to an activating group) is 1. The SMILES string of the molecule is CN(C)CCN1C(=O)c2oc3ccc(Br)cc3c(=O)c2C1c1cccc(Br)c1. The van der Waals surface area contributed by atoms with Crippen LogP contribution in [-0.4, -0.2) is 42.9 Å². The minimum atomic E-state index is -0.473. The van der Waals surface area contributed by atoms with E-state index in [1.54, 1.807) is 23.1 Å². The lowest BCUT2D eigenvalue weighted by Crippen LogP contribution is -2.35. The summed E-state index contributed by atoms with van der Waals surface area (Å²) in [5, 5.41) is 0.468. The minimum absolute atomic E-state index is 0.142. The number of amides is 1. The zero-order valence-corrected chi connectivity index (χ0v) is 18.6. The zero-order chi connectivity index (χ0) is 20.0. The van der Waals surface area contributed by atoms with Crippen LogP contribution in [-0.2, 0) is 0 Å². The third kappa shape index (κ3) is 3.32. The van der Waals surface area contributed by atoms with Crippen molar-refractivity contribution in [3.8, 4) is 0 Å². The van der Waals surface area contributed by atoms with Gasteiger partial charge in [0.15, 0.2) is 5.43 Å². The van der Waals surface area contributed by atoms with Crippen molar-refractivity contribution in [2.24, 2.45) is 0 Å². The van der Waals surface area contributed by atoms with E-state index in [0.717, 1.165) is 14.5 Å². The summed E-state index contributed by atoms with van der Waals surface area (Å²) in [4.78, 5) is 30.3. The summed E-state index contributed by atoms with van der Waals surface area (Å²) < 4.78 is 7.62. The van der Waals surface area contributed by atoms with Crippen LogP contribution in [0.2, 0.25) is 0 Å². The largest absolute Gasteiger partial charge is 0.450 e. The van der Waals surface area contributed by atoms with E-state index in [-0.39, 0.29) is 17.1 Å². The number of nitrogens with zero attached hydrogens (tertiary/aromatic N) is 2. The van der Waals surface area contributed by atoms with E-state index in [0.29, 0.717) is 29.6 Å². The van der Waals surface area contributed by atoms with Gasteiger partial charge in [-0.15, -0.1) is 0 Å². The molecule has 2 heterocycles. The summed E-state index contributed by atoms with van der Waals surface area (Å²) in [5.74, 6) is -0.104. The molecule has 1 amide bonds. The Balaban J connectivity index is 1.96. The van der Waals surface area contributed by atoms with Crippen molar-refractivity contribution in [2.45, 2.75) is 6.04 Å². The third-order valence-electron chi connectivity index (χ3n) is 4.88. The van der Waals surface area contributed by atoms with Crippen LogP contribution < -0.4 is 5.43 Å². The second kappa shape index (κ2) is 7.46. The molecule has 0 fully saturated rings. The molecule has 4 rings (SSSR count). The lowest BCUT2D eigenvalue weighted by molar-refractivity contribution is 0.0716. The Kier molecular flexibility index (Phi) is 5.16. The van der Waals surface area contributed by atoms with Crippen molar-refractivity contribution >= 4 is 48.7 Å². The highest BCUT2D eigenvalue weighted by Crippen LogP contribution is 2.38. The second-order valence-corrected chi connectivity index (χ2v) is 8.91. The molecule has 7 heteroatoms. The van der Waals surface area contributed by atoms with Crippen LogP contribution >= 0.6 is 31.9 Å². The van der Waals surface area contributed by atoms with E-state index in [2.05, 4.69) is 31.9 Å². The molecule has 28 heavy (non-hydrogen) atoms. The Hall–Kier alpha value is -1.96. The van der Waals surface area contributed by atoms with E-state index < -0.39 is 6.04 Å². The van der Waals surface area contributed by atoms with Crippen LogP contribution in [0.25, 0.3) is 11.0 Å². The fourth-order valence-electron chi connectivity index (χ4n) is 3.55. The molecule has 5 nitrogen and oxygen atoms in total. The van der Waals surface area contributed by atoms with Gasteiger partial charge in [-0.25, -0.2) is 0 Å². The average Bonchev–Trinajstić information content (AvgIpc) is 2.93. The molecule has 1 aliphatic heterocycles. The van der Waals surface area contributed by atoms with Crippen LogP contribution in [0.4, 0.5) is 0 Å². The predicted molar refractivity (Wildman–Crippen MR) is 116 cm³/mol. The van der Waals surface area contributed by atoms with Gasteiger partial charge in [0.05, 0.1) is 17.0 Å². The van der Waals surface area contributed by atoms with Crippen LogP contribution in [0.5, 0.6) is 0 Å². The highest BCUT2D eigenvalue weighted by Gasteiger charge is 2.42. The summed E-state index contributed by atoms with van der Waals surface area (Å²) in [7, 11) is 3.91. The molecule has 3 aromatic rings. The molecule has 0 radical (unpaired) electrons. The predicted octanol–water partition coefficient (Wildman–Crippen LogP) is 4.42. The van der Waals surface area contributed by atoms with Gasteiger partial charge in [0.1, 0.15) is 5.58 Å². The first-order valence-corrected chi connectivity index (χ1v) is 10.4. The zero-order valence-electron chi connectivity index (χ0n) is 15.4. The molecule has 1 atom stereocenters. The number of fused-ring (bicyclic) bond motifs is 2. The summed E-state index contributed by atoms with van der Waals surface area (Å²) in [5.41, 5.74) is 1.54. The Labute approximate surface area is 179 Å². The van der Waals surface area contributed by atoms with Gasteiger partial charge in [-0.1, -0.05) is 44.0 Å². The van der Waals surface area contributed by atoms with E-state index >= 15 is 0 Å². The standard InChI is InChI=1S/C21H18Br2N2O3/c1-24(2)8-9-25-18(12-4-3-5-13(22)10-12)17-19(26)15-11-14(23)6-7-16(15)28-20(17)21(25)27/h3-7,10-11,18H,8-9H2,1-2H3. The highest BCUT2D eigenvalue weighted by atomic mass is 79.9. The van der Waals surface area contributed by atoms with Gasteiger partial charge in [0.2, 0.25) is 5.76 Å². The molecule has 0 aliphatic carbocycles. The van der Waals surface area contributed by atoms with E-state index in [1.807, 2.05) is 43.3 Å². The van der Waals surface area contributed by atoms with Crippen LogP contribution in [0.1, 0.15) is 27.7 Å². The molecule has 2 aromatic carbocycles. The molecule has 1 unspecified atom stereocenters. The number of hydrogen-bond donors (Lipinski definition) is 0. The number of halogens is 2. The first-order valence-electron chi connectivity index (χ1n) is 8.84. The normalized spacial score (nSPS) is 16.2. The van der Waals surface area contributed by atoms with Crippen molar-refractivity contribution in [3.63, 3.8) is 0 Å². The Morgan fingerprint density at radius 1 is 1.07 bits per heavy atom. The summed E-state index contributed by atoms with van der Waals surface area (Å²) in [6.07, 6.45) is 0. The Morgan fingerprint density at radius 3 is 2.54 bits per heavy atom. The first-order chi connectivity index (χ1) is 13.4. The molecule has 0 spiro atoms. The van der Waals surface area contributed by atoms with Gasteiger partial charge >= 0.3 is 0 Å². The molecule has 1 aromatic heterocycles. The highest BCUT2D eigenvalue weighted by molar-refractivity contribution is 9.10. The maximum atomic E-state index is 13.4. The Morgan fingerprint density at radius 2 is 1.82 bits per heavy atom. The lowest BCUT2D eigenvalue weighted by atomic mass is 9.98. The topological polar surface area (TPSA) is 53.8 Å². The molecular formula is C21H18Br2N2O3. The molecule has 0 saturated carbocycles. The lowest BCUT2D eigenvalue weighted by Gasteiger charge is -2.26. The molecule has 1 aliphatic rings. The van der Waals surface area contributed by atoms with Gasteiger partial charge < -0.3 is 14.2 Å². The molecular weight excluding hydrogens is 488 g/mol. The van der Waals surface area contributed by atoms with Crippen molar-refractivity contribution in [1.29, 1.82) is 0 Å². The van der Waals surface area contributed by atoms with Crippen molar-refractivity contribution in [1.82, 2.24) is 9.80 Å². The quantitative estimate of drug-likeness (QED) is 0.526. The van der Waals surface area contributed by atoms with Crippen LogP contribution in [0.3, 0.4) is 0 Å². The Bertz CT molecular complexity index is 1140. The molecule has 144 valence electrons. The van der Waals surface area contributed by atoms with Crippen LogP contribution in [0, 0.1) is 0 Å². The second-order valence-electron chi connectivity index (χ2n) is 7.07. The minimum Gasteiger partial charge on any atom is -0.450 e. The van der Waals surface area contributed by atoms with Gasteiger partial charge in [-0.3, -0.25) is 9.59 Å². The molecule has 0 bridgehead atoms. The smallest absolute Gasteiger partial charge is 0.290 e. The average molecular weight is 506 g/mol. The van der Waals surface area contributed by atoms with Gasteiger partial charge in [0, 0.05) is 22.0 Å². The maximum Gasteiger partial charge on any atom is 0.290 e. The van der Waals surface area contributed by atoms with E-state index in [4.69, 9.17) is 4.42 Å². The fraction of sp³-hybridized carbons (Fsp3) is 0.238. The number of carbonyl (C=O) groups excluding carboxylic acids is 1. The molecule has 0 saturated heterocycles. The monoisotopic (exact) mass is 504 g/mol. The summed E-state index contributed by atoms with van der Waals surface area (Å²) in [6, 6.07) is 12.5. The first kappa shape index (κ1) is 19.4. The third-order valence-corrected chi connectivity index (χ3v) is 5.87. The summed E-state index contributed by atoms with van der Waals surface area (Å²) in [6.45, 7) is 1.18. The fourth-order valence-corrected chi connectivity index (χ4v) is 4.33. The van der Waals surface area contributed by atoms with Gasteiger partial charge in [-0.05, 0) is 50.0 Å². The maximum absolute atomic E-state index is 13.4. The van der Waals surface area contributed by atoms with Crippen molar-refractivity contribution in [2.75, 3.05) is 27.2 Å². The van der Waals surface area contributed by atoms with E-state index in [9.17, 15) is 9.59 Å². The van der Waals surface area contributed by atoms with Gasteiger partial charge in [-0.2, -0.15) is 0 Å². The number of benzene rings is 2. The van der Waals surface area contributed by atoms with Crippen molar-refractivity contribution in [3.05, 3.63) is 78.5 Å². The number of carbonyl (C=O) groups is 1. The number of rotatable bonds is 4. The van der Waals surface area contributed by atoms with Gasteiger partial charge in [0.25, 0.3) is 5.91 Å². The molecule has 0 N–H and O–H groups in total. The summed E-state index contributed by atoms with van der Waals surface area (Å²) >= 11 is 6.91.